The molecule has 6 N–H and O–H groups in total. The SMILES string of the molecule is COc1cccc(CCN2C[C@@H](C)C[C@@H](N)C2)c1.COc1cccc(CCN2C[C@H](N)C[C@H](N)C2)c1. The Balaban J connectivity index is 0.000000201. The van der Waals surface area contributed by atoms with E-state index in [1.165, 1.54) is 17.7 Å². The fraction of sp³-hybridized carbons (Fsp3) is 0.586. The van der Waals surface area contributed by atoms with Crippen LogP contribution in [-0.2, 0) is 12.8 Å². The molecule has 2 aliphatic rings. The molecule has 4 rings (SSSR count). The van der Waals surface area contributed by atoms with Crippen LogP contribution in [0.15, 0.2) is 48.5 Å². The monoisotopic (exact) mass is 497 g/mol. The minimum absolute atomic E-state index is 0.221. The molecule has 0 bridgehead atoms. The third-order valence-electron chi connectivity index (χ3n) is 7.06. The molecule has 2 fully saturated rings. The van der Waals surface area contributed by atoms with E-state index in [1.54, 1.807) is 14.2 Å². The Morgan fingerprint density at radius 1 is 0.694 bits per heavy atom. The Kier molecular flexibility index (Phi) is 11.5. The van der Waals surface area contributed by atoms with Crippen LogP contribution in [0, 0.1) is 5.92 Å². The molecule has 200 valence electrons. The number of rotatable bonds is 8. The van der Waals surface area contributed by atoms with Gasteiger partial charge in [0.1, 0.15) is 11.5 Å². The first-order chi connectivity index (χ1) is 17.3. The molecule has 2 heterocycles. The van der Waals surface area contributed by atoms with Crippen LogP contribution in [0.1, 0.15) is 30.9 Å². The summed E-state index contributed by atoms with van der Waals surface area (Å²) >= 11 is 0. The minimum Gasteiger partial charge on any atom is -0.497 e. The van der Waals surface area contributed by atoms with Crippen molar-refractivity contribution >= 4 is 0 Å². The van der Waals surface area contributed by atoms with Crippen molar-refractivity contribution in [3.8, 4) is 11.5 Å². The van der Waals surface area contributed by atoms with Gasteiger partial charge in [0.25, 0.3) is 0 Å². The van der Waals surface area contributed by atoms with Gasteiger partial charge in [0.2, 0.25) is 0 Å². The van der Waals surface area contributed by atoms with Gasteiger partial charge in [0.15, 0.2) is 0 Å². The van der Waals surface area contributed by atoms with Crippen molar-refractivity contribution in [2.24, 2.45) is 23.1 Å². The highest BCUT2D eigenvalue weighted by molar-refractivity contribution is 5.29. The van der Waals surface area contributed by atoms with Crippen LogP contribution in [0.3, 0.4) is 0 Å². The zero-order chi connectivity index (χ0) is 25.9. The number of nitrogens with zero attached hydrogens (tertiary/aromatic N) is 2. The largest absolute Gasteiger partial charge is 0.497 e. The summed E-state index contributed by atoms with van der Waals surface area (Å²) in [5.41, 5.74) is 20.7. The van der Waals surface area contributed by atoms with E-state index in [9.17, 15) is 0 Å². The highest BCUT2D eigenvalue weighted by Gasteiger charge is 2.22. The van der Waals surface area contributed by atoms with Gasteiger partial charge in [0.05, 0.1) is 14.2 Å². The van der Waals surface area contributed by atoms with Gasteiger partial charge in [-0.05, 0) is 67.0 Å². The van der Waals surface area contributed by atoms with Gasteiger partial charge < -0.3 is 31.6 Å². The van der Waals surface area contributed by atoms with Crippen molar-refractivity contribution in [3.05, 3.63) is 59.7 Å². The number of piperidine rings is 2. The van der Waals surface area contributed by atoms with Crippen LogP contribution in [0.25, 0.3) is 0 Å². The van der Waals surface area contributed by atoms with E-state index >= 15 is 0 Å². The molecular formula is C29H47N5O2. The number of likely N-dealkylation sites (tertiary alicyclic amines) is 2. The maximum absolute atomic E-state index is 6.07. The van der Waals surface area contributed by atoms with E-state index in [0.29, 0.717) is 6.04 Å². The summed E-state index contributed by atoms with van der Waals surface area (Å²) < 4.78 is 10.5. The second kappa shape index (κ2) is 14.5. The van der Waals surface area contributed by atoms with E-state index in [4.69, 9.17) is 26.7 Å². The second-order valence-corrected chi connectivity index (χ2v) is 10.6. The lowest BCUT2D eigenvalue weighted by molar-refractivity contribution is 0.167. The number of hydrogen-bond acceptors (Lipinski definition) is 7. The third-order valence-corrected chi connectivity index (χ3v) is 7.06. The predicted octanol–water partition coefficient (Wildman–Crippen LogP) is 2.50. The number of methoxy groups -OCH3 is 2. The van der Waals surface area contributed by atoms with Crippen LogP contribution < -0.4 is 26.7 Å². The average molecular weight is 498 g/mol. The maximum Gasteiger partial charge on any atom is 0.119 e. The molecule has 2 aromatic carbocycles. The highest BCUT2D eigenvalue weighted by atomic mass is 16.5. The molecule has 7 heteroatoms. The molecule has 0 spiro atoms. The van der Waals surface area contributed by atoms with Crippen molar-refractivity contribution in [1.29, 1.82) is 0 Å². The number of hydrogen-bond donors (Lipinski definition) is 3. The summed E-state index contributed by atoms with van der Waals surface area (Å²) in [6, 6.07) is 17.3. The Morgan fingerprint density at radius 2 is 1.14 bits per heavy atom. The van der Waals surface area contributed by atoms with Gasteiger partial charge in [-0.3, -0.25) is 4.90 Å². The molecule has 4 atom stereocenters. The Bertz CT molecular complexity index is 817. The Morgan fingerprint density at radius 3 is 1.58 bits per heavy atom. The van der Waals surface area contributed by atoms with Gasteiger partial charge >= 0.3 is 0 Å². The number of ether oxygens (including phenoxy) is 2. The third kappa shape index (κ3) is 9.71. The molecule has 7 nitrogen and oxygen atoms in total. The van der Waals surface area contributed by atoms with Crippen LogP contribution in [-0.4, -0.2) is 81.4 Å². The smallest absolute Gasteiger partial charge is 0.119 e. The summed E-state index contributed by atoms with van der Waals surface area (Å²) in [6.45, 7) is 8.51. The molecule has 2 aliphatic heterocycles. The molecule has 2 aromatic rings. The van der Waals surface area contributed by atoms with Gasteiger partial charge in [-0.25, -0.2) is 0 Å². The standard InChI is InChI=1S/C15H24N2O.C14H23N3O/c1-12-8-14(16)11-17(10-12)7-6-13-4-3-5-15(9-13)18-2;1-18-14-4-2-3-11(7-14)5-6-17-9-12(15)8-13(16)10-17/h3-5,9,12,14H,6-8,10-11,16H2,1-2H3;2-4,7,12-13H,5-6,8-10,15-16H2,1H3/t12-,14+;12-,13+/m0./s1. The van der Waals surface area contributed by atoms with Crippen LogP contribution in [0.2, 0.25) is 0 Å². The van der Waals surface area contributed by atoms with Gasteiger partial charge in [-0.15, -0.1) is 0 Å². The van der Waals surface area contributed by atoms with Crippen molar-refractivity contribution in [3.63, 3.8) is 0 Å². The molecular weight excluding hydrogens is 450 g/mol. The van der Waals surface area contributed by atoms with Gasteiger partial charge in [-0.2, -0.15) is 0 Å². The van der Waals surface area contributed by atoms with Crippen LogP contribution in [0.4, 0.5) is 0 Å². The predicted molar refractivity (Wildman–Crippen MR) is 149 cm³/mol. The number of benzene rings is 2. The molecule has 0 aliphatic carbocycles. The molecule has 0 saturated carbocycles. The lowest BCUT2D eigenvalue weighted by Crippen LogP contribution is -2.52. The Hall–Kier alpha value is -2.16. The molecule has 0 amide bonds. The topological polar surface area (TPSA) is 103 Å². The molecule has 2 saturated heterocycles. The van der Waals surface area contributed by atoms with E-state index < -0.39 is 0 Å². The van der Waals surface area contributed by atoms with Crippen molar-refractivity contribution in [2.45, 2.75) is 50.7 Å². The molecule has 0 unspecified atom stereocenters. The zero-order valence-electron chi connectivity index (χ0n) is 22.4. The maximum atomic E-state index is 6.07. The zero-order valence-corrected chi connectivity index (χ0v) is 22.4. The fourth-order valence-corrected chi connectivity index (χ4v) is 5.38. The van der Waals surface area contributed by atoms with E-state index in [1.807, 2.05) is 18.2 Å². The van der Waals surface area contributed by atoms with Gasteiger partial charge in [-0.1, -0.05) is 31.2 Å². The first kappa shape index (κ1) is 28.4. The summed E-state index contributed by atoms with van der Waals surface area (Å²) in [4.78, 5) is 4.84. The number of nitrogens with two attached hydrogens (primary N) is 3. The summed E-state index contributed by atoms with van der Waals surface area (Å²) in [6.07, 6.45) is 4.18. The normalized spacial score (nSPS) is 25.1. The Labute approximate surface area is 217 Å². The van der Waals surface area contributed by atoms with Crippen LogP contribution >= 0.6 is 0 Å². The average Bonchev–Trinajstić information content (AvgIpc) is 2.86. The van der Waals surface area contributed by atoms with E-state index in [0.717, 1.165) is 75.8 Å². The molecule has 0 radical (unpaired) electrons. The van der Waals surface area contributed by atoms with Gasteiger partial charge in [0, 0.05) is 57.4 Å². The molecule has 36 heavy (non-hydrogen) atoms. The lowest BCUT2D eigenvalue weighted by atomic mass is 9.96. The van der Waals surface area contributed by atoms with Crippen LogP contribution in [0.5, 0.6) is 11.5 Å². The summed E-state index contributed by atoms with van der Waals surface area (Å²) in [5.74, 6) is 2.58. The highest BCUT2D eigenvalue weighted by Crippen LogP contribution is 2.17. The van der Waals surface area contributed by atoms with Crippen molar-refractivity contribution < 1.29 is 9.47 Å². The minimum atomic E-state index is 0.221. The van der Waals surface area contributed by atoms with E-state index in [-0.39, 0.29) is 12.1 Å². The van der Waals surface area contributed by atoms with Crippen molar-refractivity contribution in [1.82, 2.24) is 9.80 Å². The quantitative estimate of drug-likeness (QED) is 0.515. The first-order valence-corrected chi connectivity index (χ1v) is 13.3. The molecule has 0 aromatic heterocycles. The fourth-order valence-electron chi connectivity index (χ4n) is 5.38. The first-order valence-electron chi connectivity index (χ1n) is 13.3. The van der Waals surface area contributed by atoms with Crippen molar-refractivity contribution in [2.75, 3.05) is 53.5 Å². The summed E-state index contributed by atoms with van der Waals surface area (Å²) in [7, 11) is 3.41. The second-order valence-electron chi connectivity index (χ2n) is 10.6. The lowest BCUT2D eigenvalue weighted by Gasteiger charge is -2.34. The summed E-state index contributed by atoms with van der Waals surface area (Å²) in [5, 5.41) is 0. The van der Waals surface area contributed by atoms with E-state index in [2.05, 4.69) is 47.1 Å².